The largest absolute Gasteiger partial charge is 0.376 e. The molecular formula is C19H26N4O2S2. The van der Waals surface area contributed by atoms with E-state index in [1.54, 1.807) is 18.2 Å². The van der Waals surface area contributed by atoms with Crippen LogP contribution in [0, 0.1) is 0 Å². The predicted molar refractivity (Wildman–Crippen MR) is 117 cm³/mol. The molecule has 27 heavy (non-hydrogen) atoms. The van der Waals surface area contributed by atoms with E-state index in [0.717, 1.165) is 23.4 Å². The molecule has 2 N–H and O–H groups in total. The number of thiocarbonyl (C=S) groups is 1. The standard InChI is InChI=1S/C19H26N4O2S2/c1-6-14-9-7-8-10-16(14)20-19(26)21-17-13-15(27(24,25)23(4)5)11-12-18(17)22(2)3/h7-13H,6H2,1-5H3,(H2,20,21,26). The topological polar surface area (TPSA) is 64.7 Å². The average molecular weight is 407 g/mol. The van der Waals surface area contributed by atoms with Gasteiger partial charge in [-0.25, -0.2) is 12.7 Å². The highest BCUT2D eigenvalue weighted by atomic mass is 32.2. The van der Waals surface area contributed by atoms with Crippen molar-refractivity contribution in [2.45, 2.75) is 18.2 Å². The van der Waals surface area contributed by atoms with Crippen LogP contribution in [0.4, 0.5) is 17.1 Å². The summed E-state index contributed by atoms with van der Waals surface area (Å²) in [6.07, 6.45) is 0.880. The quantitative estimate of drug-likeness (QED) is 0.717. The first kappa shape index (κ1) is 21.1. The molecule has 0 aliphatic heterocycles. The number of rotatable bonds is 6. The zero-order chi connectivity index (χ0) is 20.2. The van der Waals surface area contributed by atoms with Crippen molar-refractivity contribution < 1.29 is 8.42 Å². The van der Waals surface area contributed by atoms with E-state index >= 15 is 0 Å². The fourth-order valence-corrected chi connectivity index (χ4v) is 3.75. The van der Waals surface area contributed by atoms with E-state index in [-0.39, 0.29) is 4.90 Å². The third-order valence-electron chi connectivity index (χ3n) is 4.12. The molecule has 0 spiro atoms. The molecule has 0 aliphatic carbocycles. The summed E-state index contributed by atoms with van der Waals surface area (Å²) in [6.45, 7) is 2.08. The lowest BCUT2D eigenvalue weighted by Crippen LogP contribution is -2.24. The predicted octanol–water partition coefficient (Wildman–Crippen LogP) is 3.37. The van der Waals surface area contributed by atoms with Gasteiger partial charge in [0.2, 0.25) is 10.0 Å². The van der Waals surface area contributed by atoms with E-state index in [9.17, 15) is 8.42 Å². The lowest BCUT2D eigenvalue weighted by molar-refractivity contribution is 0.521. The number of aryl methyl sites for hydroxylation is 1. The normalized spacial score (nSPS) is 11.3. The molecule has 0 saturated carbocycles. The van der Waals surface area contributed by atoms with Gasteiger partial charge in [-0.1, -0.05) is 25.1 Å². The molecule has 0 unspecified atom stereocenters. The van der Waals surface area contributed by atoms with Gasteiger partial charge in [0.15, 0.2) is 5.11 Å². The molecule has 0 bridgehead atoms. The van der Waals surface area contributed by atoms with Gasteiger partial charge in [0.05, 0.1) is 16.3 Å². The van der Waals surface area contributed by atoms with E-state index in [4.69, 9.17) is 12.2 Å². The van der Waals surface area contributed by atoms with Gasteiger partial charge < -0.3 is 15.5 Å². The molecule has 0 aliphatic rings. The third kappa shape index (κ3) is 4.97. The Bertz CT molecular complexity index is 925. The van der Waals surface area contributed by atoms with E-state index in [2.05, 4.69) is 17.6 Å². The molecule has 6 nitrogen and oxygen atoms in total. The summed E-state index contributed by atoms with van der Waals surface area (Å²) in [5, 5.41) is 6.74. The van der Waals surface area contributed by atoms with Crippen LogP contribution >= 0.6 is 12.2 Å². The molecule has 0 radical (unpaired) electrons. The number of anilines is 3. The molecule has 8 heteroatoms. The molecule has 2 aromatic carbocycles. The zero-order valence-corrected chi connectivity index (χ0v) is 17.9. The van der Waals surface area contributed by atoms with Crippen LogP contribution < -0.4 is 15.5 Å². The first-order valence-electron chi connectivity index (χ1n) is 8.56. The third-order valence-corrected chi connectivity index (χ3v) is 6.14. The van der Waals surface area contributed by atoms with Crippen molar-refractivity contribution in [2.24, 2.45) is 0 Å². The Labute approximate surface area is 167 Å². The second kappa shape index (κ2) is 8.69. The molecule has 2 aromatic rings. The summed E-state index contributed by atoms with van der Waals surface area (Å²) >= 11 is 5.46. The Morgan fingerprint density at radius 2 is 1.63 bits per heavy atom. The summed E-state index contributed by atoms with van der Waals surface area (Å²) < 4.78 is 26.1. The summed E-state index contributed by atoms with van der Waals surface area (Å²) in [6, 6.07) is 12.9. The highest BCUT2D eigenvalue weighted by Crippen LogP contribution is 2.29. The van der Waals surface area contributed by atoms with Crippen LogP contribution in [0.15, 0.2) is 47.4 Å². The molecule has 0 aromatic heterocycles. The first-order chi connectivity index (χ1) is 12.7. The van der Waals surface area contributed by atoms with Crippen LogP contribution in [0.3, 0.4) is 0 Å². The molecule has 0 atom stereocenters. The summed E-state index contributed by atoms with van der Waals surface area (Å²) in [5.41, 5.74) is 3.54. The molecular weight excluding hydrogens is 380 g/mol. The van der Waals surface area contributed by atoms with Gasteiger partial charge in [0.25, 0.3) is 0 Å². The van der Waals surface area contributed by atoms with E-state index in [1.807, 2.05) is 43.3 Å². The van der Waals surface area contributed by atoms with Crippen LogP contribution in [0.2, 0.25) is 0 Å². The Morgan fingerprint density at radius 1 is 1.00 bits per heavy atom. The molecule has 0 heterocycles. The van der Waals surface area contributed by atoms with Crippen LogP contribution in [0.1, 0.15) is 12.5 Å². The Balaban J connectivity index is 2.34. The first-order valence-corrected chi connectivity index (χ1v) is 10.4. The fraction of sp³-hybridized carbons (Fsp3) is 0.316. The van der Waals surface area contributed by atoms with E-state index in [1.165, 1.54) is 18.4 Å². The number of para-hydroxylation sites is 1. The highest BCUT2D eigenvalue weighted by Gasteiger charge is 2.19. The van der Waals surface area contributed by atoms with Gasteiger partial charge in [-0.2, -0.15) is 0 Å². The van der Waals surface area contributed by atoms with Gasteiger partial charge in [0, 0.05) is 33.9 Å². The number of hydrogen-bond acceptors (Lipinski definition) is 4. The maximum atomic E-state index is 12.5. The number of nitrogens with one attached hydrogen (secondary N) is 2. The van der Waals surface area contributed by atoms with Crippen molar-refractivity contribution in [1.29, 1.82) is 0 Å². The maximum absolute atomic E-state index is 12.5. The van der Waals surface area contributed by atoms with Crippen LogP contribution in [0.5, 0.6) is 0 Å². The SMILES string of the molecule is CCc1ccccc1NC(=S)Nc1cc(S(=O)(=O)N(C)C)ccc1N(C)C. The molecule has 146 valence electrons. The minimum absolute atomic E-state index is 0.206. The Kier molecular flexibility index (Phi) is 6.80. The second-order valence-corrected chi connectivity index (χ2v) is 9.01. The van der Waals surface area contributed by atoms with Crippen LogP contribution in [-0.4, -0.2) is 46.0 Å². The van der Waals surface area contributed by atoms with Gasteiger partial charge in [-0.15, -0.1) is 0 Å². The van der Waals surface area contributed by atoms with Crippen LogP contribution in [-0.2, 0) is 16.4 Å². The Morgan fingerprint density at radius 3 is 2.22 bits per heavy atom. The minimum Gasteiger partial charge on any atom is -0.376 e. The average Bonchev–Trinajstić information content (AvgIpc) is 2.61. The number of hydrogen-bond donors (Lipinski definition) is 2. The molecule has 0 fully saturated rings. The lowest BCUT2D eigenvalue weighted by atomic mass is 10.1. The molecule has 0 saturated heterocycles. The zero-order valence-electron chi connectivity index (χ0n) is 16.3. The van der Waals surface area contributed by atoms with Gasteiger partial charge in [0.1, 0.15) is 0 Å². The second-order valence-electron chi connectivity index (χ2n) is 6.45. The van der Waals surface area contributed by atoms with E-state index in [0.29, 0.717) is 10.8 Å². The number of benzene rings is 2. The van der Waals surface area contributed by atoms with Crippen LogP contribution in [0.25, 0.3) is 0 Å². The molecule has 0 amide bonds. The summed E-state index contributed by atoms with van der Waals surface area (Å²) in [7, 11) is 3.27. The number of sulfonamides is 1. The monoisotopic (exact) mass is 406 g/mol. The van der Waals surface area contributed by atoms with Gasteiger partial charge >= 0.3 is 0 Å². The minimum atomic E-state index is -3.54. The Hall–Kier alpha value is -2.16. The summed E-state index contributed by atoms with van der Waals surface area (Å²) in [4.78, 5) is 2.11. The highest BCUT2D eigenvalue weighted by molar-refractivity contribution is 7.89. The summed E-state index contributed by atoms with van der Waals surface area (Å²) in [5.74, 6) is 0. The van der Waals surface area contributed by atoms with Gasteiger partial charge in [-0.3, -0.25) is 0 Å². The van der Waals surface area contributed by atoms with Crippen molar-refractivity contribution in [3.63, 3.8) is 0 Å². The number of nitrogens with zero attached hydrogens (tertiary/aromatic N) is 2. The van der Waals surface area contributed by atoms with Gasteiger partial charge in [-0.05, 0) is 48.5 Å². The maximum Gasteiger partial charge on any atom is 0.242 e. The van der Waals surface area contributed by atoms with Crippen molar-refractivity contribution in [3.8, 4) is 0 Å². The van der Waals surface area contributed by atoms with Crippen molar-refractivity contribution in [3.05, 3.63) is 48.0 Å². The smallest absolute Gasteiger partial charge is 0.242 e. The van der Waals surface area contributed by atoms with Crippen molar-refractivity contribution >= 4 is 44.4 Å². The lowest BCUT2D eigenvalue weighted by Gasteiger charge is -2.21. The molecule has 2 rings (SSSR count). The van der Waals surface area contributed by atoms with E-state index < -0.39 is 10.0 Å². The van der Waals surface area contributed by atoms with Crippen molar-refractivity contribution in [1.82, 2.24) is 4.31 Å². The fourth-order valence-electron chi connectivity index (χ4n) is 2.60. The van der Waals surface area contributed by atoms with Crippen molar-refractivity contribution in [2.75, 3.05) is 43.7 Å².